The molecule has 0 spiro atoms. The van der Waals surface area contributed by atoms with Crippen molar-refractivity contribution in [3.05, 3.63) is 46.5 Å². The third kappa shape index (κ3) is 2.34. The Morgan fingerprint density at radius 3 is 2.27 bits per heavy atom. The molecule has 0 aromatic heterocycles. The second-order valence-corrected chi connectivity index (χ2v) is 5.63. The second-order valence-electron chi connectivity index (χ2n) is 5.63. The molecule has 0 radical (unpaired) electrons. The van der Waals surface area contributed by atoms with E-state index in [0.717, 1.165) is 0 Å². The highest BCUT2D eigenvalue weighted by molar-refractivity contribution is 5.96. The Balaban J connectivity index is 1.75. The second kappa shape index (κ2) is 5.25. The molecule has 7 heteroatoms. The van der Waals surface area contributed by atoms with Crippen LogP contribution in [0.5, 0.6) is 0 Å². The lowest BCUT2D eigenvalue weighted by Crippen LogP contribution is -2.36. The van der Waals surface area contributed by atoms with E-state index in [1.807, 2.05) is 12.2 Å². The number of nitrogens with one attached hydrogen (secondary N) is 1. The average molecular weight is 302 g/mol. The minimum atomic E-state index is -0.958. The number of amides is 1. The molecule has 4 atom stereocenters. The Morgan fingerprint density at radius 1 is 1.14 bits per heavy atom. The SMILES string of the molecule is O=C(O)[C@@H]1[C@@H](C(=O)Nc2ccc([N+](=O)[O-])cc2)[C@H]2C=C[C@H]1C2. The predicted molar refractivity (Wildman–Crippen MR) is 77.1 cm³/mol. The van der Waals surface area contributed by atoms with Crippen LogP contribution in [0.25, 0.3) is 0 Å². The lowest BCUT2D eigenvalue weighted by atomic mass is 9.82. The number of carboxylic acid groups (broad SMARTS) is 1. The molecule has 1 fully saturated rings. The summed E-state index contributed by atoms with van der Waals surface area (Å²) in [6.07, 6.45) is 4.47. The Morgan fingerprint density at radius 2 is 1.73 bits per heavy atom. The highest BCUT2D eigenvalue weighted by atomic mass is 16.6. The Labute approximate surface area is 125 Å². The molecule has 22 heavy (non-hydrogen) atoms. The van der Waals surface area contributed by atoms with Crippen molar-refractivity contribution in [1.29, 1.82) is 0 Å². The zero-order valence-electron chi connectivity index (χ0n) is 11.5. The predicted octanol–water partition coefficient (Wildman–Crippen LogP) is 2.06. The largest absolute Gasteiger partial charge is 0.481 e. The minimum Gasteiger partial charge on any atom is -0.481 e. The molecule has 3 rings (SSSR count). The number of allylic oxidation sites excluding steroid dienone is 2. The zero-order valence-corrected chi connectivity index (χ0v) is 11.5. The number of non-ortho nitro benzene ring substituents is 1. The number of nitro benzene ring substituents is 1. The summed E-state index contributed by atoms with van der Waals surface area (Å²) in [7, 11) is 0. The van der Waals surface area contributed by atoms with Gasteiger partial charge in [-0.05, 0) is 30.4 Å². The summed E-state index contributed by atoms with van der Waals surface area (Å²) in [4.78, 5) is 33.9. The Hall–Kier alpha value is -2.70. The number of fused-ring (bicyclic) bond motifs is 2. The van der Waals surface area contributed by atoms with E-state index in [4.69, 9.17) is 0 Å². The molecule has 114 valence electrons. The first kappa shape index (κ1) is 14.2. The summed E-state index contributed by atoms with van der Waals surface area (Å²) in [5.41, 5.74) is 0.357. The molecule has 1 amide bonds. The number of carbonyl (C=O) groups is 2. The molecule has 1 aromatic rings. The lowest BCUT2D eigenvalue weighted by molar-refractivity contribution is -0.384. The van der Waals surface area contributed by atoms with Crippen LogP contribution in [0.15, 0.2) is 36.4 Å². The summed E-state index contributed by atoms with van der Waals surface area (Å²) < 4.78 is 0. The molecule has 0 unspecified atom stereocenters. The van der Waals surface area contributed by atoms with Crippen LogP contribution in [-0.2, 0) is 9.59 Å². The number of carboxylic acids is 1. The third-order valence-electron chi connectivity index (χ3n) is 4.39. The van der Waals surface area contributed by atoms with Gasteiger partial charge in [-0.2, -0.15) is 0 Å². The molecule has 2 aliphatic rings. The van der Waals surface area contributed by atoms with Crippen molar-refractivity contribution in [3.8, 4) is 0 Å². The van der Waals surface area contributed by atoms with E-state index in [9.17, 15) is 24.8 Å². The highest BCUT2D eigenvalue weighted by Gasteiger charge is 2.51. The van der Waals surface area contributed by atoms with Crippen LogP contribution in [0.3, 0.4) is 0 Å². The molecule has 2 N–H and O–H groups in total. The van der Waals surface area contributed by atoms with Gasteiger partial charge in [0.2, 0.25) is 5.91 Å². The van der Waals surface area contributed by atoms with Gasteiger partial charge in [0.15, 0.2) is 0 Å². The van der Waals surface area contributed by atoms with Gasteiger partial charge in [-0.25, -0.2) is 0 Å². The van der Waals surface area contributed by atoms with E-state index in [0.29, 0.717) is 12.1 Å². The van der Waals surface area contributed by atoms with Crippen LogP contribution >= 0.6 is 0 Å². The van der Waals surface area contributed by atoms with Crippen LogP contribution in [-0.4, -0.2) is 21.9 Å². The maximum Gasteiger partial charge on any atom is 0.307 e. The topological polar surface area (TPSA) is 110 Å². The van der Waals surface area contributed by atoms with Gasteiger partial charge in [-0.3, -0.25) is 19.7 Å². The van der Waals surface area contributed by atoms with Crippen LogP contribution in [0.4, 0.5) is 11.4 Å². The van der Waals surface area contributed by atoms with E-state index in [-0.39, 0.29) is 23.4 Å². The first-order valence-electron chi connectivity index (χ1n) is 6.94. The zero-order chi connectivity index (χ0) is 15.9. The quantitative estimate of drug-likeness (QED) is 0.502. The molecular weight excluding hydrogens is 288 g/mol. The van der Waals surface area contributed by atoms with Gasteiger partial charge < -0.3 is 10.4 Å². The van der Waals surface area contributed by atoms with Crippen molar-refractivity contribution in [1.82, 2.24) is 0 Å². The number of benzene rings is 1. The van der Waals surface area contributed by atoms with Gasteiger partial charge in [0, 0.05) is 17.8 Å². The van der Waals surface area contributed by atoms with Crippen molar-refractivity contribution < 1.29 is 19.6 Å². The molecule has 1 aromatic carbocycles. The van der Waals surface area contributed by atoms with Gasteiger partial charge in [0.05, 0.1) is 16.8 Å². The van der Waals surface area contributed by atoms with E-state index in [1.54, 1.807) is 0 Å². The third-order valence-corrected chi connectivity index (χ3v) is 4.39. The highest BCUT2D eigenvalue weighted by Crippen LogP contribution is 2.48. The molecule has 0 saturated heterocycles. The number of nitrogens with zero attached hydrogens (tertiary/aromatic N) is 1. The van der Waals surface area contributed by atoms with Crippen molar-refractivity contribution in [2.75, 3.05) is 5.32 Å². The first-order valence-corrected chi connectivity index (χ1v) is 6.94. The molecule has 0 heterocycles. The van der Waals surface area contributed by atoms with Crippen LogP contribution < -0.4 is 5.32 Å². The molecular formula is C15H14N2O5. The summed E-state index contributed by atoms with van der Waals surface area (Å²) in [6, 6.07) is 5.47. The fraction of sp³-hybridized carbons (Fsp3) is 0.333. The van der Waals surface area contributed by atoms with E-state index in [1.165, 1.54) is 24.3 Å². The maximum atomic E-state index is 12.4. The van der Waals surface area contributed by atoms with Crippen molar-refractivity contribution >= 4 is 23.3 Å². The maximum absolute atomic E-state index is 12.4. The molecule has 0 aliphatic heterocycles. The number of hydrogen-bond acceptors (Lipinski definition) is 4. The van der Waals surface area contributed by atoms with Crippen molar-refractivity contribution in [3.63, 3.8) is 0 Å². The van der Waals surface area contributed by atoms with E-state index < -0.39 is 22.7 Å². The molecule has 1 saturated carbocycles. The summed E-state index contributed by atoms with van der Waals surface area (Å²) in [6.45, 7) is 0. The average Bonchev–Trinajstić information content (AvgIpc) is 3.08. The number of rotatable bonds is 4. The van der Waals surface area contributed by atoms with Gasteiger partial charge >= 0.3 is 5.97 Å². The van der Waals surface area contributed by atoms with E-state index >= 15 is 0 Å². The number of hydrogen-bond donors (Lipinski definition) is 2. The summed E-state index contributed by atoms with van der Waals surface area (Å²) in [5.74, 6) is -2.74. The van der Waals surface area contributed by atoms with Crippen LogP contribution in [0.1, 0.15) is 6.42 Å². The molecule has 2 bridgehead atoms. The fourth-order valence-corrected chi connectivity index (χ4v) is 3.41. The van der Waals surface area contributed by atoms with Gasteiger partial charge in [0.1, 0.15) is 0 Å². The fourth-order valence-electron chi connectivity index (χ4n) is 3.41. The van der Waals surface area contributed by atoms with Crippen molar-refractivity contribution in [2.45, 2.75) is 6.42 Å². The molecule has 2 aliphatic carbocycles. The number of anilines is 1. The van der Waals surface area contributed by atoms with Gasteiger partial charge in [0.25, 0.3) is 5.69 Å². The van der Waals surface area contributed by atoms with Crippen molar-refractivity contribution in [2.24, 2.45) is 23.7 Å². The lowest BCUT2D eigenvalue weighted by Gasteiger charge is -2.23. The Bertz CT molecular complexity index is 667. The van der Waals surface area contributed by atoms with Crippen LogP contribution in [0, 0.1) is 33.8 Å². The molecule has 7 nitrogen and oxygen atoms in total. The number of nitro groups is 1. The number of carbonyl (C=O) groups excluding carboxylic acids is 1. The monoisotopic (exact) mass is 302 g/mol. The van der Waals surface area contributed by atoms with Gasteiger partial charge in [-0.1, -0.05) is 12.2 Å². The van der Waals surface area contributed by atoms with E-state index in [2.05, 4.69) is 5.32 Å². The summed E-state index contributed by atoms with van der Waals surface area (Å²) >= 11 is 0. The number of aliphatic carboxylic acids is 1. The van der Waals surface area contributed by atoms with Gasteiger partial charge in [-0.15, -0.1) is 0 Å². The minimum absolute atomic E-state index is 0.0517. The first-order chi connectivity index (χ1) is 10.5. The normalized spacial score (nSPS) is 28.5. The van der Waals surface area contributed by atoms with Crippen LogP contribution in [0.2, 0.25) is 0 Å². The standard InChI is InChI=1S/C15H14N2O5/c18-14(16-10-3-5-11(6-4-10)17(21)22)12-8-1-2-9(7-8)13(12)15(19)20/h1-6,8-9,12-13H,7H2,(H,16,18)(H,19,20)/t8-,9-,12-,13-/m0/s1. The Kier molecular flexibility index (Phi) is 3.40. The smallest absolute Gasteiger partial charge is 0.307 e. The summed E-state index contributed by atoms with van der Waals surface area (Å²) in [5, 5.41) is 22.6.